The first-order valence-corrected chi connectivity index (χ1v) is 12.2. The minimum absolute atomic E-state index is 0.0893. The molecule has 0 unspecified atom stereocenters. The molecule has 0 aromatic heterocycles. The first-order chi connectivity index (χ1) is 14.7. The Morgan fingerprint density at radius 1 is 1.10 bits per heavy atom. The van der Waals surface area contributed by atoms with Crippen molar-refractivity contribution >= 4 is 17.2 Å². The van der Waals surface area contributed by atoms with Gasteiger partial charge in [-0.1, -0.05) is 31.4 Å². The summed E-state index contributed by atoms with van der Waals surface area (Å²) in [6.07, 6.45) is 14.1. The van der Waals surface area contributed by atoms with Gasteiger partial charge in [-0.3, -0.25) is 4.79 Å². The van der Waals surface area contributed by atoms with E-state index in [0.29, 0.717) is 11.8 Å². The third-order valence-electron chi connectivity index (χ3n) is 8.25. The number of amides is 1. The van der Waals surface area contributed by atoms with Crippen LogP contribution in [-0.2, 0) is 4.79 Å². The van der Waals surface area contributed by atoms with Crippen LogP contribution in [0.3, 0.4) is 0 Å². The molecule has 0 radical (unpaired) electrons. The van der Waals surface area contributed by atoms with Crippen LogP contribution in [0.2, 0.25) is 0 Å². The predicted octanol–water partition coefficient (Wildman–Crippen LogP) is 4.92. The SMILES string of the molecule is CN1c2ccc(C3=CCCCC3)cc2[C@@H]2[C@@H](CCN2C(=O)C2CCCCC2)[C@H]1CO. The molecular weight excluding hydrogens is 372 g/mol. The van der Waals surface area contributed by atoms with Gasteiger partial charge in [0.1, 0.15) is 0 Å². The van der Waals surface area contributed by atoms with E-state index in [2.05, 4.69) is 41.1 Å². The van der Waals surface area contributed by atoms with Crippen molar-refractivity contribution in [2.45, 2.75) is 76.3 Å². The molecule has 2 fully saturated rings. The summed E-state index contributed by atoms with van der Waals surface area (Å²) in [4.78, 5) is 18.0. The summed E-state index contributed by atoms with van der Waals surface area (Å²) in [7, 11) is 2.11. The maximum atomic E-state index is 13.6. The number of anilines is 1. The second-order valence-corrected chi connectivity index (χ2v) is 9.87. The van der Waals surface area contributed by atoms with Crippen LogP contribution < -0.4 is 4.90 Å². The summed E-state index contributed by atoms with van der Waals surface area (Å²) in [6.45, 7) is 0.983. The van der Waals surface area contributed by atoms with E-state index < -0.39 is 0 Å². The molecule has 0 spiro atoms. The van der Waals surface area contributed by atoms with Gasteiger partial charge >= 0.3 is 0 Å². The molecule has 5 rings (SSSR count). The number of likely N-dealkylation sites (tertiary alicyclic amines) is 1. The number of aliphatic hydroxyl groups is 1. The molecular formula is C26H36N2O2. The average molecular weight is 409 g/mol. The highest BCUT2D eigenvalue weighted by atomic mass is 16.3. The number of carbonyl (C=O) groups is 1. The Bertz CT molecular complexity index is 826. The van der Waals surface area contributed by atoms with E-state index in [-0.39, 0.29) is 24.6 Å². The number of likely N-dealkylation sites (N-methyl/N-ethyl adjacent to an activating group) is 1. The monoisotopic (exact) mass is 408 g/mol. The smallest absolute Gasteiger partial charge is 0.226 e. The van der Waals surface area contributed by atoms with Crippen molar-refractivity contribution in [2.75, 3.05) is 25.1 Å². The van der Waals surface area contributed by atoms with Gasteiger partial charge < -0.3 is 14.9 Å². The zero-order valence-electron chi connectivity index (χ0n) is 18.4. The van der Waals surface area contributed by atoms with Gasteiger partial charge in [-0.2, -0.15) is 0 Å². The number of nitrogens with zero attached hydrogens (tertiary/aromatic N) is 2. The number of aliphatic hydroxyl groups excluding tert-OH is 1. The molecule has 1 amide bonds. The lowest BCUT2D eigenvalue weighted by molar-refractivity contribution is -0.138. The van der Waals surface area contributed by atoms with Crippen LogP contribution in [-0.4, -0.2) is 42.2 Å². The number of rotatable bonds is 3. The fourth-order valence-corrected chi connectivity index (χ4v) is 6.59. The number of fused-ring (bicyclic) bond motifs is 3. The Labute approximate surface area is 180 Å². The van der Waals surface area contributed by atoms with Crippen molar-refractivity contribution in [3.63, 3.8) is 0 Å². The van der Waals surface area contributed by atoms with Crippen molar-refractivity contribution in [1.29, 1.82) is 0 Å². The first kappa shape index (κ1) is 20.1. The molecule has 1 aromatic carbocycles. The second-order valence-electron chi connectivity index (χ2n) is 9.87. The van der Waals surface area contributed by atoms with Crippen molar-refractivity contribution < 1.29 is 9.90 Å². The molecule has 1 saturated heterocycles. The van der Waals surface area contributed by atoms with E-state index in [0.717, 1.165) is 32.2 Å². The summed E-state index contributed by atoms with van der Waals surface area (Å²) in [5.41, 5.74) is 5.30. The normalized spacial score (nSPS) is 29.4. The zero-order valence-corrected chi connectivity index (χ0v) is 18.4. The standard InChI is InChI=1S/C26H36N2O2/c1-27-23-13-12-20(18-8-4-2-5-9-18)16-22(23)25-21(24(27)17-29)14-15-28(25)26(30)19-10-6-3-7-11-19/h8,12-13,16,19,21,24-25,29H,2-7,9-11,14-15,17H2,1H3/t21-,24+,25-/m0/s1. The molecule has 162 valence electrons. The van der Waals surface area contributed by atoms with Crippen LogP contribution in [0.15, 0.2) is 24.3 Å². The molecule has 2 aliphatic carbocycles. The lowest BCUT2D eigenvalue weighted by atomic mass is 9.80. The third-order valence-corrected chi connectivity index (χ3v) is 8.25. The molecule has 1 aromatic rings. The van der Waals surface area contributed by atoms with Gasteiger partial charge in [0.05, 0.1) is 18.7 Å². The number of hydrogen-bond acceptors (Lipinski definition) is 3. The van der Waals surface area contributed by atoms with Gasteiger partial charge in [0.15, 0.2) is 0 Å². The molecule has 1 saturated carbocycles. The molecule has 30 heavy (non-hydrogen) atoms. The fraction of sp³-hybridized carbons (Fsp3) is 0.654. The van der Waals surface area contributed by atoms with E-state index in [1.807, 2.05) is 0 Å². The molecule has 4 heteroatoms. The van der Waals surface area contributed by atoms with Crippen molar-refractivity contribution in [3.05, 3.63) is 35.4 Å². The topological polar surface area (TPSA) is 43.8 Å². The summed E-state index contributed by atoms with van der Waals surface area (Å²) in [5.74, 6) is 0.893. The number of benzene rings is 1. The first-order valence-electron chi connectivity index (χ1n) is 12.2. The summed E-state index contributed by atoms with van der Waals surface area (Å²) in [5, 5.41) is 10.2. The van der Waals surface area contributed by atoms with Crippen LogP contribution in [0.5, 0.6) is 0 Å². The highest BCUT2D eigenvalue weighted by molar-refractivity contribution is 5.81. The quantitative estimate of drug-likeness (QED) is 0.772. The Hall–Kier alpha value is -1.81. The van der Waals surface area contributed by atoms with Crippen LogP contribution in [0.4, 0.5) is 5.69 Å². The Kier molecular flexibility index (Phi) is 5.61. The number of carbonyl (C=O) groups excluding carboxylic acids is 1. The van der Waals surface area contributed by atoms with Gasteiger partial charge in [0.25, 0.3) is 0 Å². The van der Waals surface area contributed by atoms with Crippen LogP contribution in [0, 0.1) is 11.8 Å². The van der Waals surface area contributed by atoms with Crippen LogP contribution >= 0.6 is 0 Å². The third kappa shape index (κ3) is 3.37. The van der Waals surface area contributed by atoms with E-state index in [1.165, 1.54) is 60.9 Å². The predicted molar refractivity (Wildman–Crippen MR) is 121 cm³/mol. The van der Waals surface area contributed by atoms with Crippen molar-refractivity contribution in [3.8, 4) is 0 Å². The van der Waals surface area contributed by atoms with Gasteiger partial charge in [-0.15, -0.1) is 0 Å². The molecule has 2 heterocycles. The second kappa shape index (κ2) is 8.37. The lowest BCUT2D eigenvalue weighted by Crippen LogP contribution is -2.49. The Morgan fingerprint density at radius 2 is 1.93 bits per heavy atom. The lowest BCUT2D eigenvalue weighted by Gasteiger charge is -2.45. The summed E-state index contributed by atoms with van der Waals surface area (Å²) in [6, 6.07) is 7.07. The van der Waals surface area contributed by atoms with E-state index in [1.54, 1.807) is 0 Å². The zero-order chi connectivity index (χ0) is 20.7. The highest BCUT2D eigenvalue weighted by Crippen LogP contribution is 2.50. The maximum absolute atomic E-state index is 13.6. The number of hydrogen-bond donors (Lipinski definition) is 1. The van der Waals surface area contributed by atoms with Gasteiger partial charge in [0.2, 0.25) is 5.91 Å². The minimum atomic E-state index is 0.0893. The Morgan fingerprint density at radius 3 is 2.67 bits per heavy atom. The summed E-state index contributed by atoms with van der Waals surface area (Å²) < 4.78 is 0. The molecule has 2 aliphatic heterocycles. The Balaban J connectivity index is 1.53. The van der Waals surface area contributed by atoms with Crippen molar-refractivity contribution in [1.82, 2.24) is 4.90 Å². The molecule has 4 nitrogen and oxygen atoms in total. The summed E-state index contributed by atoms with van der Waals surface area (Å²) >= 11 is 0. The van der Waals surface area contributed by atoms with Gasteiger partial charge in [0, 0.05) is 31.1 Å². The molecule has 4 aliphatic rings. The number of allylic oxidation sites excluding steroid dienone is 2. The van der Waals surface area contributed by atoms with E-state index >= 15 is 0 Å². The van der Waals surface area contributed by atoms with Crippen LogP contribution in [0.25, 0.3) is 5.57 Å². The van der Waals surface area contributed by atoms with Gasteiger partial charge in [-0.05, 0) is 73.8 Å². The molecule has 1 N–H and O–H groups in total. The average Bonchev–Trinajstić information content (AvgIpc) is 3.25. The van der Waals surface area contributed by atoms with E-state index in [4.69, 9.17) is 0 Å². The van der Waals surface area contributed by atoms with Gasteiger partial charge in [-0.25, -0.2) is 0 Å². The highest BCUT2D eigenvalue weighted by Gasteiger charge is 2.48. The fourth-order valence-electron chi connectivity index (χ4n) is 6.59. The molecule has 3 atom stereocenters. The molecule has 0 bridgehead atoms. The van der Waals surface area contributed by atoms with Crippen LogP contribution in [0.1, 0.15) is 81.4 Å². The minimum Gasteiger partial charge on any atom is -0.394 e. The largest absolute Gasteiger partial charge is 0.394 e. The van der Waals surface area contributed by atoms with E-state index in [9.17, 15) is 9.90 Å². The van der Waals surface area contributed by atoms with Crippen molar-refractivity contribution in [2.24, 2.45) is 11.8 Å². The maximum Gasteiger partial charge on any atom is 0.226 e.